The second-order valence-corrected chi connectivity index (χ2v) is 4.53. The minimum atomic E-state index is -0.892. The monoisotopic (exact) mass is 223 g/mol. The molecular formula is C11H17N3O2. The van der Waals surface area contributed by atoms with Crippen LogP contribution in [0.1, 0.15) is 53.3 Å². The summed E-state index contributed by atoms with van der Waals surface area (Å²) < 4.78 is 0. The Morgan fingerprint density at radius 1 is 1.44 bits per heavy atom. The third-order valence-electron chi connectivity index (χ3n) is 3.35. The van der Waals surface area contributed by atoms with Gasteiger partial charge in [0.1, 0.15) is 5.56 Å². The Hall–Kier alpha value is -1.36. The van der Waals surface area contributed by atoms with Crippen LogP contribution in [0.2, 0.25) is 0 Å². The van der Waals surface area contributed by atoms with Gasteiger partial charge < -0.3 is 10.8 Å². The number of aryl methyl sites for hydroxylation is 1. The SMILES string of the molecule is Cc1[nH]nc(C2CCC(N)CC2)c1C(=O)O. The second-order valence-electron chi connectivity index (χ2n) is 4.53. The molecular weight excluding hydrogens is 206 g/mol. The highest BCUT2D eigenvalue weighted by molar-refractivity contribution is 5.90. The van der Waals surface area contributed by atoms with Gasteiger partial charge in [0.15, 0.2) is 0 Å². The summed E-state index contributed by atoms with van der Waals surface area (Å²) in [6.07, 6.45) is 3.78. The fraction of sp³-hybridized carbons (Fsp3) is 0.636. The number of rotatable bonds is 2. The number of carbonyl (C=O) groups is 1. The van der Waals surface area contributed by atoms with Gasteiger partial charge in [-0.15, -0.1) is 0 Å². The summed E-state index contributed by atoms with van der Waals surface area (Å²) in [6, 6.07) is 0.268. The molecule has 0 radical (unpaired) electrons. The Labute approximate surface area is 94.0 Å². The summed E-state index contributed by atoms with van der Waals surface area (Å²) in [4.78, 5) is 11.1. The molecule has 1 aliphatic rings. The molecule has 0 spiro atoms. The topological polar surface area (TPSA) is 92.0 Å². The van der Waals surface area contributed by atoms with Crippen molar-refractivity contribution in [2.75, 3.05) is 0 Å². The van der Waals surface area contributed by atoms with Crippen molar-refractivity contribution >= 4 is 5.97 Å². The van der Waals surface area contributed by atoms with Crippen LogP contribution >= 0.6 is 0 Å². The van der Waals surface area contributed by atoms with Gasteiger partial charge in [-0.05, 0) is 32.6 Å². The van der Waals surface area contributed by atoms with E-state index in [1.807, 2.05) is 0 Å². The maximum Gasteiger partial charge on any atom is 0.339 e. The number of nitrogens with two attached hydrogens (primary N) is 1. The van der Waals surface area contributed by atoms with Crippen molar-refractivity contribution in [3.8, 4) is 0 Å². The molecule has 0 aromatic carbocycles. The summed E-state index contributed by atoms with van der Waals surface area (Å²) in [6.45, 7) is 1.74. The van der Waals surface area contributed by atoms with E-state index in [2.05, 4.69) is 10.2 Å². The van der Waals surface area contributed by atoms with Crippen molar-refractivity contribution in [3.63, 3.8) is 0 Å². The van der Waals surface area contributed by atoms with Gasteiger partial charge in [0.05, 0.1) is 5.69 Å². The van der Waals surface area contributed by atoms with Crippen molar-refractivity contribution in [1.82, 2.24) is 10.2 Å². The summed E-state index contributed by atoms with van der Waals surface area (Å²) in [5.74, 6) is -0.646. The van der Waals surface area contributed by atoms with E-state index in [-0.39, 0.29) is 12.0 Å². The Kier molecular flexibility index (Phi) is 2.96. The summed E-state index contributed by atoms with van der Waals surface area (Å²) in [7, 11) is 0. The molecule has 88 valence electrons. The van der Waals surface area contributed by atoms with Gasteiger partial charge in [0.25, 0.3) is 0 Å². The third kappa shape index (κ3) is 1.95. The second kappa shape index (κ2) is 4.25. The largest absolute Gasteiger partial charge is 0.478 e. The normalized spacial score (nSPS) is 25.6. The quantitative estimate of drug-likeness (QED) is 0.706. The van der Waals surface area contributed by atoms with Crippen LogP contribution in [0.15, 0.2) is 0 Å². The number of aromatic carboxylic acids is 1. The molecule has 0 amide bonds. The van der Waals surface area contributed by atoms with Gasteiger partial charge in [0, 0.05) is 17.7 Å². The van der Waals surface area contributed by atoms with Crippen LogP contribution in [-0.4, -0.2) is 27.3 Å². The van der Waals surface area contributed by atoms with E-state index in [0.29, 0.717) is 17.0 Å². The lowest BCUT2D eigenvalue weighted by Crippen LogP contribution is -2.26. The smallest absolute Gasteiger partial charge is 0.339 e. The first-order valence-electron chi connectivity index (χ1n) is 5.63. The van der Waals surface area contributed by atoms with Crippen LogP contribution in [0.4, 0.5) is 0 Å². The molecule has 0 saturated heterocycles. The molecule has 4 N–H and O–H groups in total. The van der Waals surface area contributed by atoms with Crippen molar-refractivity contribution < 1.29 is 9.90 Å². The van der Waals surface area contributed by atoms with E-state index in [0.717, 1.165) is 25.7 Å². The van der Waals surface area contributed by atoms with Crippen molar-refractivity contribution in [2.45, 2.75) is 44.6 Å². The number of nitrogens with one attached hydrogen (secondary N) is 1. The summed E-state index contributed by atoms with van der Waals surface area (Å²) in [5.41, 5.74) is 7.52. The molecule has 1 heterocycles. The van der Waals surface area contributed by atoms with Gasteiger partial charge >= 0.3 is 5.97 Å². The molecule has 1 saturated carbocycles. The molecule has 1 fully saturated rings. The lowest BCUT2D eigenvalue weighted by molar-refractivity contribution is 0.0694. The number of hydrogen-bond acceptors (Lipinski definition) is 3. The highest BCUT2D eigenvalue weighted by Crippen LogP contribution is 2.33. The van der Waals surface area contributed by atoms with Gasteiger partial charge in [-0.25, -0.2) is 4.79 Å². The Balaban J connectivity index is 2.24. The molecule has 0 bridgehead atoms. The average molecular weight is 223 g/mol. The molecule has 1 aliphatic carbocycles. The van der Waals surface area contributed by atoms with Crippen molar-refractivity contribution in [1.29, 1.82) is 0 Å². The molecule has 1 aromatic heterocycles. The molecule has 2 rings (SSSR count). The van der Waals surface area contributed by atoms with E-state index in [4.69, 9.17) is 10.8 Å². The van der Waals surface area contributed by atoms with Crippen molar-refractivity contribution in [2.24, 2.45) is 5.73 Å². The maximum atomic E-state index is 11.1. The predicted octanol–water partition coefficient (Wildman–Crippen LogP) is 1.40. The minimum Gasteiger partial charge on any atom is -0.478 e. The van der Waals surface area contributed by atoms with Crippen LogP contribution in [0.25, 0.3) is 0 Å². The Morgan fingerprint density at radius 2 is 2.06 bits per heavy atom. The molecule has 0 atom stereocenters. The van der Waals surface area contributed by atoms with Crippen molar-refractivity contribution in [3.05, 3.63) is 17.0 Å². The first-order valence-corrected chi connectivity index (χ1v) is 5.63. The molecule has 5 heteroatoms. The van der Waals surface area contributed by atoms with E-state index < -0.39 is 5.97 Å². The third-order valence-corrected chi connectivity index (χ3v) is 3.35. The number of H-pyrrole nitrogens is 1. The number of hydrogen-bond donors (Lipinski definition) is 3. The zero-order valence-electron chi connectivity index (χ0n) is 9.36. The van der Waals surface area contributed by atoms with Gasteiger partial charge in [0.2, 0.25) is 0 Å². The van der Waals surface area contributed by atoms with Crippen LogP contribution < -0.4 is 5.73 Å². The van der Waals surface area contributed by atoms with Crippen LogP contribution in [0.5, 0.6) is 0 Å². The van der Waals surface area contributed by atoms with Crippen LogP contribution in [-0.2, 0) is 0 Å². The maximum absolute atomic E-state index is 11.1. The minimum absolute atomic E-state index is 0.246. The van der Waals surface area contributed by atoms with Gasteiger partial charge in [-0.2, -0.15) is 5.10 Å². The van der Waals surface area contributed by atoms with Gasteiger partial charge in [-0.1, -0.05) is 0 Å². The average Bonchev–Trinajstić information content (AvgIpc) is 2.61. The summed E-state index contributed by atoms with van der Waals surface area (Å²) in [5, 5.41) is 16.0. The summed E-state index contributed by atoms with van der Waals surface area (Å²) >= 11 is 0. The van der Waals surface area contributed by atoms with E-state index >= 15 is 0 Å². The molecule has 1 aromatic rings. The molecule has 16 heavy (non-hydrogen) atoms. The fourth-order valence-electron chi connectivity index (χ4n) is 2.41. The lowest BCUT2D eigenvalue weighted by Gasteiger charge is -2.25. The zero-order chi connectivity index (χ0) is 11.7. The fourth-order valence-corrected chi connectivity index (χ4v) is 2.41. The Morgan fingerprint density at radius 3 is 2.62 bits per heavy atom. The first kappa shape index (κ1) is 11.1. The number of carboxylic acid groups (broad SMARTS) is 1. The first-order chi connectivity index (χ1) is 7.59. The van der Waals surface area contributed by atoms with Crippen LogP contribution in [0.3, 0.4) is 0 Å². The highest BCUT2D eigenvalue weighted by Gasteiger charge is 2.27. The number of aromatic nitrogens is 2. The Bertz CT molecular complexity index is 392. The van der Waals surface area contributed by atoms with E-state index in [1.54, 1.807) is 6.92 Å². The molecule has 0 aliphatic heterocycles. The zero-order valence-corrected chi connectivity index (χ0v) is 9.36. The number of aromatic amines is 1. The highest BCUT2D eigenvalue weighted by atomic mass is 16.4. The van der Waals surface area contributed by atoms with E-state index in [1.165, 1.54) is 0 Å². The predicted molar refractivity (Wildman–Crippen MR) is 59.5 cm³/mol. The molecule has 0 unspecified atom stereocenters. The van der Waals surface area contributed by atoms with Crippen LogP contribution in [0, 0.1) is 6.92 Å². The number of nitrogens with zero attached hydrogens (tertiary/aromatic N) is 1. The number of carboxylic acids is 1. The molecule has 5 nitrogen and oxygen atoms in total. The van der Waals surface area contributed by atoms with Gasteiger partial charge in [-0.3, -0.25) is 5.10 Å². The van der Waals surface area contributed by atoms with E-state index in [9.17, 15) is 4.79 Å². The standard InChI is InChI=1S/C11H17N3O2/c1-6-9(11(15)16)10(14-13-6)7-2-4-8(12)5-3-7/h7-8H,2-5,12H2,1H3,(H,13,14)(H,15,16). The lowest BCUT2D eigenvalue weighted by atomic mass is 9.83.